The lowest BCUT2D eigenvalue weighted by atomic mass is 10.1. The fourth-order valence-corrected chi connectivity index (χ4v) is 4.76. The van der Waals surface area contributed by atoms with Gasteiger partial charge in [0.25, 0.3) is 5.91 Å². The molecule has 0 aliphatic heterocycles. The molecule has 1 amide bonds. The van der Waals surface area contributed by atoms with Crippen molar-refractivity contribution in [3.05, 3.63) is 92.4 Å². The third kappa shape index (κ3) is 6.67. The number of halogens is 3. The van der Waals surface area contributed by atoms with Crippen molar-refractivity contribution in [1.82, 2.24) is 0 Å². The standard InChI is InChI=1S/C24H21Cl3N2O5S/c1-3-34-24(31)18-12-11-17(13-20(18)26)28-23(30)16-9-7-15(8-10-16)14-29(35(2,32)33)21-6-4-5-19(25)22(21)27/h4-13H,3,14H2,1-2H3,(H,28,30). The zero-order valence-corrected chi connectivity index (χ0v) is 21.8. The van der Waals surface area contributed by atoms with Crippen LogP contribution < -0.4 is 9.62 Å². The average Bonchev–Trinajstić information content (AvgIpc) is 2.79. The number of ether oxygens (including phenoxy) is 1. The molecule has 1 N–H and O–H groups in total. The summed E-state index contributed by atoms with van der Waals surface area (Å²) < 4.78 is 30.9. The maximum atomic E-state index is 12.7. The Morgan fingerprint density at radius 1 is 0.971 bits per heavy atom. The third-order valence-electron chi connectivity index (χ3n) is 4.86. The van der Waals surface area contributed by atoms with Crippen molar-refractivity contribution in [2.45, 2.75) is 13.5 Å². The molecule has 0 aliphatic rings. The Balaban J connectivity index is 1.75. The highest BCUT2D eigenvalue weighted by Gasteiger charge is 2.22. The molecule has 3 aromatic rings. The molecule has 0 atom stereocenters. The van der Waals surface area contributed by atoms with Crippen molar-refractivity contribution < 1.29 is 22.7 Å². The van der Waals surface area contributed by atoms with Gasteiger partial charge in [0.15, 0.2) is 0 Å². The number of hydrogen-bond donors (Lipinski definition) is 1. The first kappa shape index (κ1) is 26.8. The largest absolute Gasteiger partial charge is 0.462 e. The van der Waals surface area contributed by atoms with Gasteiger partial charge in [-0.25, -0.2) is 13.2 Å². The van der Waals surface area contributed by atoms with Crippen LogP contribution in [0.1, 0.15) is 33.2 Å². The molecule has 184 valence electrons. The number of sulfonamides is 1. The fourth-order valence-electron chi connectivity index (χ4n) is 3.16. The Labute approximate surface area is 218 Å². The Kier molecular flexibility index (Phi) is 8.66. The molecular weight excluding hydrogens is 535 g/mol. The van der Waals surface area contributed by atoms with E-state index in [0.717, 1.165) is 10.6 Å². The first-order valence-corrected chi connectivity index (χ1v) is 13.3. The quantitative estimate of drug-likeness (QED) is 0.342. The molecule has 7 nitrogen and oxygen atoms in total. The molecule has 0 saturated heterocycles. The molecule has 3 aromatic carbocycles. The number of nitrogens with one attached hydrogen (secondary N) is 1. The molecule has 0 fully saturated rings. The van der Waals surface area contributed by atoms with Crippen molar-refractivity contribution in [3.8, 4) is 0 Å². The SMILES string of the molecule is CCOC(=O)c1ccc(NC(=O)c2ccc(CN(c3cccc(Cl)c3Cl)S(C)(=O)=O)cc2)cc1Cl. The summed E-state index contributed by atoms with van der Waals surface area (Å²) in [6.07, 6.45) is 1.07. The van der Waals surface area contributed by atoms with Crippen molar-refractivity contribution in [1.29, 1.82) is 0 Å². The second-order valence-electron chi connectivity index (χ2n) is 7.41. The van der Waals surface area contributed by atoms with Gasteiger partial charge in [0.1, 0.15) is 0 Å². The number of hydrogen-bond acceptors (Lipinski definition) is 5. The Morgan fingerprint density at radius 2 is 1.66 bits per heavy atom. The van der Waals surface area contributed by atoms with E-state index in [-0.39, 0.29) is 39.5 Å². The van der Waals surface area contributed by atoms with Gasteiger partial charge in [0, 0.05) is 11.3 Å². The van der Waals surface area contributed by atoms with Crippen LogP contribution in [-0.2, 0) is 21.3 Å². The number of amides is 1. The Bertz CT molecular complexity index is 1360. The maximum absolute atomic E-state index is 12.7. The van der Waals surface area contributed by atoms with E-state index in [9.17, 15) is 18.0 Å². The molecule has 0 unspecified atom stereocenters. The summed E-state index contributed by atoms with van der Waals surface area (Å²) in [6.45, 7) is 1.90. The number of benzene rings is 3. The van der Waals surface area contributed by atoms with E-state index in [1.165, 1.54) is 12.1 Å². The van der Waals surface area contributed by atoms with Gasteiger partial charge >= 0.3 is 5.97 Å². The van der Waals surface area contributed by atoms with Gasteiger partial charge in [-0.1, -0.05) is 53.0 Å². The lowest BCUT2D eigenvalue weighted by Gasteiger charge is -2.24. The molecule has 0 heterocycles. The molecular formula is C24H21Cl3N2O5S. The molecule has 3 rings (SSSR count). The Morgan fingerprint density at radius 3 is 2.26 bits per heavy atom. The number of nitrogens with zero attached hydrogens (tertiary/aromatic N) is 1. The van der Waals surface area contributed by atoms with Gasteiger partial charge in [-0.05, 0) is 55.0 Å². The van der Waals surface area contributed by atoms with Crippen LogP contribution in [-0.4, -0.2) is 33.2 Å². The molecule has 35 heavy (non-hydrogen) atoms. The van der Waals surface area contributed by atoms with Gasteiger partial charge < -0.3 is 10.1 Å². The highest BCUT2D eigenvalue weighted by molar-refractivity contribution is 7.92. The van der Waals surface area contributed by atoms with Crippen LogP contribution >= 0.6 is 34.8 Å². The van der Waals surface area contributed by atoms with E-state index in [1.54, 1.807) is 55.5 Å². The highest BCUT2D eigenvalue weighted by Crippen LogP contribution is 2.34. The number of anilines is 2. The van der Waals surface area contributed by atoms with Gasteiger partial charge in [0.2, 0.25) is 10.0 Å². The van der Waals surface area contributed by atoms with Crippen LogP contribution in [0.4, 0.5) is 11.4 Å². The third-order valence-corrected chi connectivity index (χ3v) is 7.11. The lowest BCUT2D eigenvalue weighted by Crippen LogP contribution is -2.29. The number of carbonyl (C=O) groups is 2. The minimum Gasteiger partial charge on any atom is -0.462 e. The van der Waals surface area contributed by atoms with Crippen molar-refractivity contribution in [2.75, 3.05) is 22.5 Å². The van der Waals surface area contributed by atoms with E-state index in [0.29, 0.717) is 16.8 Å². The van der Waals surface area contributed by atoms with Crippen LogP contribution in [0.25, 0.3) is 0 Å². The first-order valence-electron chi connectivity index (χ1n) is 10.3. The number of esters is 1. The molecule has 0 bridgehead atoms. The summed E-state index contributed by atoms with van der Waals surface area (Å²) >= 11 is 18.4. The lowest BCUT2D eigenvalue weighted by molar-refractivity contribution is 0.0526. The monoisotopic (exact) mass is 554 g/mol. The minimum atomic E-state index is -3.67. The molecule has 0 spiro atoms. The van der Waals surface area contributed by atoms with Crippen LogP contribution in [0.15, 0.2) is 60.7 Å². The summed E-state index contributed by atoms with van der Waals surface area (Å²) in [5.41, 5.74) is 1.82. The van der Waals surface area contributed by atoms with Crippen molar-refractivity contribution in [3.63, 3.8) is 0 Å². The first-order chi connectivity index (χ1) is 16.5. The predicted molar refractivity (Wildman–Crippen MR) is 139 cm³/mol. The van der Waals surface area contributed by atoms with Crippen molar-refractivity contribution >= 4 is 68.1 Å². The van der Waals surface area contributed by atoms with Crippen LogP contribution in [0.3, 0.4) is 0 Å². The summed E-state index contributed by atoms with van der Waals surface area (Å²) in [4.78, 5) is 24.5. The second-order valence-corrected chi connectivity index (χ2v) is 10.5. The van der Waals surface area contributed by atoms with E-state index in [2.05, 4.69) is 5.32 Å². The molecule has 0 aliphatic carbocycles. The van der Waals surface area contributed by atoms with Crippen LogP contribution in [0.2, 0.25) is 15.1 Å². The van der Waals surface area contributed by atoms with Gasteiger partial charge in [-0.2, -0.15) is 0 Å². The second kappa shape index (κ2) is 11.3. The molecule has 0 saturated carbocycles. The summed E-state index contributed by atoms with van der Waals surface area (Å²) in [5.74, 6) is -0.956. The van der Waals surface area contributed by atoms with E-state index < -0.39 is 21.9 Å². The smallest absolute Gasteiger partial charge is 0.339 e. The van der Waals surface area contributed by atoms with E-state index in [1.807, 2.05) is 0 Å². The summed E-state index contributed by atoms with van der Waals surface area (Å²) in [5, 5.41) is 3.22. The van der Waals surface area contributed by atoms with Gasteiger partial charge in [0.05, 0.1) is 45.7 Å². The molecule has 0 radical (unpaired) electrons. The highest BCUT2D eigenvalue weighted by atomic mass is 35.5. The normalized spacial score (nSPS) is 11.1. The summed E-state index contributed by atoms with van der Waals surface area (Å²) in [7, 11) is -3.67. The van der Waals surface area contributed by atoms with E-state index in [4.69, 9.17) is 39.5 Å². The fraction of sp³-hybridized carbons (Fsp3) is 0.167. The predicted octanol–water partition coefficient (Wildman–Crippen LogP) is 6.04. The van der Waals surface area contributed by atoms with Crippen LogP contribution in [0, 0.1) is 0 Å². The number of rotatable bonds is 8. The number of carbonyl (C=O) groups excluding carboxylic acids is 2. The van der Waals surface area contributed by atoms with Gasteiger partial charge in [-0.3, -0.25) is 9.10 Å². The zero-order valence-electron chi connectivity index (χ0n) is 18.7. The van der Waals surface area contributed by atoms with Crippen LogP contribution in [0.5, 0.6) is 0 Å². The van der Waals surface area contributed by atoms with Gasteiger partial charge in [-0.15, -0.1) is 0 Å². The topological polar surface area (TPSA) is 92.8 Å². The molecule has 0 aromatic heterocycles. The minimum absolute atomic E-state index is 0.00821. The average molecular weight is 556 g/mol. The zero-order chi connectivity index (χ0) is 25.8. The summed E-state index contributed by atoms with van der Waals surface area (Å²) in [6, 6.07) is 15.6. The molecule has 11 heteroatoms. The van der Waals surface area contributed by atoms with Crippen molar-refractivity contribution in [2.24, 2.45) is 0 Å². The Hall–Kier alpha value is -2.78. The van der Waals surface area contributed by atoms with E-state index >= 15 is 0 Å². The maximum Gasteiger partial charge on any atom is 0.339 e.